The molecule has 6 rings (SSSR count). The van der Waals surface area contributed by atoms with Crippen molar-refractivity contribution in [2.45, 2.75) is 38.1 Å². The molecule has 2 N–H and O–H groups in total. The summed E-state index contributed by atoms with van der Waals surface area (Å²) in [4.78, 5) is 30.6. The third-order valence-corrected chi connectivity index (χ3v) is 8.20. The number of hydrogen-bond acceptors (Lipinski definition) is 6. The maximum Gasteiger partial charge on any atom is 0.257 e. The number of amides is 2. The van der Waals surface area contributed by atoms with E-state index in [1.165, 1.54) is 0 Å². The van der Waals surface area contributed by atoms with E-state index in [0.29, 0.717) is 41.5 Å². The molecule has 1 unspecified atom stereocenters. The zero-order valence-corrected chi connectivity index (χ0v) is 23.6. The van der Waals surface area contributed by atoms with Gasteiger partial charge >= 0.3 is 0 Å². The van der Waals surface area contributed by atoms with E-state index in [9.17, 15) is 9.59 Å². The predicted octanol–water partition coefficient (Wildman–Crippen LogP) is 4.78. The number of carbonyl (C=O) groups excluding carboxylic acids is 2. The number of carbonyl (C=O) groups is 2. The smallest absolute Gasteiger partial charge is 0.257 e. The Bertz CT molecular complexity index is 1460. The summed E-state index contributed by atoms with van der Waals surface area (Å²) in [6.07, 6.45) is 4.49. The van der Waals surface area contributed by atoms with Crippen LogP contribution in [-0.2, 0) is 6.61 Å². The first-order chi connectivity index (χ1) is 20.0. The topological polar surface area (TPSA) is 83.1 Å². The molecule has 3 heterocycles. The summed E-state index contributed by atoms with van der Waals surface area (Å²) in [7, 11) is 3.74. The van der Waals surface area contributed by atoms with Crippen LogP contribution in [0.1, 0.15) is 51.1 Å². The van der Waals surface area contributed by atoms with E-state index >= 15 is 0 Å². The molecule has 0 aliphatic carbocycles. The van der Waals surface area contributed by atoms with Crippen molar-refractivity contribution >= 4 is 23.6 Å². The molecule has 3 aliphatic rings. The Morgan fingerprint density at radius 2 is 1.83 bits per heavy atom. The molecule has 0 saturated carbocycles. The molecule has 3 aromatic rings. The van der Waals surface area contributed by atoms with Crippen molar-refractivity contribution in [2.24, 2.45) is 0 Å². The Balaban J connectivity index is 1.19. The van der Waals surface area contributed by atoms with Gasteiger partial charge in [-0.3, -0.25) is 9.59 Å². The van der Waals surface area contributed by atoms with E-state index in [2.05, 4.69) is 28.7 Å². The molecule has 3 aromatic carbocycles. The van der Waals surface area contributed by atoms with Gasteiger partial charge in [-0.1, -0.05) is 42.5 Å². The minimum absolute atomic E-state index is 0.0176. The number of rotatable bonds is 7. The van der Waals surface area contributed by atoms with Crippen molar-refractivity contribution in [3.05, 3.63) is 94.6 Å². The first-order valence-corrected chi connectivity index (χ1v) is 14.2. The van der Waals surface area contributed by atoms with Gasteiger partial charge in [0.15, 0.2) is 11.5 Å². The second kappa shape index (κ2) is 11.7. The van der Waals surface area contributed by atoms with Crippen molar-refractivity contribution in [2.75, 3.05) is 39.1 Å². The van der Waals surface area contributed by atoms with Crippen LogP contribution >= 0.6 is 0 Å². The van der Waals surface area contributed by atoms with Gasteiger partial charge in [0.25, 0.3) is 11.8 Å². The lowest BCUT2D eigenvalue weighted by Crippen LogP contribution is -2.45. The highest BCUT2D eigenvalue weighted by molar-refractivity contribution is 6.05. The Kier molecular flexibility index (Phi) is 7.65. The Morgan fingerprint density at radius 1 is 1.02 bits per heavy atom. The molecular formula is C33H36N4O4. The number of hydrogen-bond donors (Lipinski definition) is 2. The third-order valence-electron chi connectivity index (χ3n) is 8.20. The number of ether oxygens (including phenoxy) is 2. The van der Waals surface area contributed by atoms with E-state index in [0.717, 1.165) is 49.1 Å². The fraction of sp³-hybridized carbons (Fsp3) is 0.333. The summed E-state index contributed by atoms with van der Waals surface area (Å²) >= 11 is 0. The van der Waals surface area contributed by atoms with Crippen LogP contribution in [0.2, 0.25) is 0 Å². The highest BCUT2D eigenvalue weighted by atomic mass is 16.5. The van der Waals surface area contributed by atoms with Crippen molar-refractivity contribution in [3.8, 4) is 11.5 Å². The summed E-state index contributed by atoms with van der Waals surface area (Å²) in [5, 5.41) is 6.72. The van der Waals surface area contributed by atoms with Gasteiger partial charge in [-0.2, -0.15) is 0 Å². The minimum atomic E-state index is -0.266. The molecule has 212 valence electrons. The number of piperidine rings is 1. The van der Waals surface area contributed by atoms with E-state index < -0.39 is 0 Å². The fourth-order valence-corrected chi connectivity index (χ4v) is 5.82. The van der Waals surface area contributed by atoms with Crippen molar-refractivity contribution in [3.63, 3.8) is 0 Å². The molecule has 8 nitrogen and oxygen atoms in total. The highest BCUT2D eigenvalue weighted by Crippen LogP contribution is 2.36. The van der Waals surface area contributed by atoms with Crippen LogP contribution in [0, 0.1) is 0 Å². The van der Waals surface area contributed by atoms with Crippen LogP contribution in [0.15, 0.2) is 72.3 Å². The molecule has 41 heavy (non-hydrogen) atoms. The average Bonchev–Trinajstić information content (AvgIpc) is 3.40. The second-order valence-electron chi connectivity index (χ2n) is 11.0. The molecule has 2 saturated heterocycles. The monoisotopic (exact) mass is 552 g/mol. The van der Waals surface area contributed by atoms with Crippen LogP contribution in [0.25, 0.3) is 6.08 Å². The molecule has 8 heteroatoms. The normalized spacial score (nSPS) is 19.9. The molecule has 2 fully saturated rings. The third kappa shape index (κ3) is 5.79. The first kappa shape index (κ1) is 26.9. The van der Waals surface area contributed by atoms with Gasteiger partial charge in [0.2, 0.25) is 0 Å². The van der Waals surface area contributed by atoms with Gasteiger partial charge in [0, 0.05) is 23.8 Å². The molecule has 2 amide bonds. The summed E-state index contributed by atoms with van der Waals surface area (Å²) in [5.74, 6) is 1.22. The summed E-state index contributed by atoms with van der Waals surface area (Å²) in [6.45, 7) is 3.03. The predicted molar refractivity (Wildman–Crippen MR) is 159 cm³/mol. The van der Waals surface area contributed by atoms with Crippen LogP contribution in [-0.4, -0.2) is 67.6 Å². The van der Waals surface area contributed by atoms with E-state index in [1.54, 1.807) is 19.2 Å². The number of fused-ring (bicyclic) bond motifs is 2. The number of nitrogens with one attached hydrogen (secondary N) is 2. The van der Waals surface area contributed by atoms with Crippen LogP contribution in [0.3, 0.4) is 0 Å². The fourth-order valence-electron chi connectivity index (χ4n) is 5.82. The lowest BCUT2D eigenvalue weighted by atomic mass is 10.0. The van der Waals surface area contributed by atoms with Gasteiger partial charge in [0.05, 0.1) is 12.7 Å². The van der Waals surface area contributed by atoms with Gasteiger partial charge in [-0.05, 0) is 86.4 Å². The Hall–Kier alpha value is -4.30. The zero-order chi connectivity index (χ0) is 28.3. The van der Waals surface area contributed by atoms with E-state index in [1.807, 2.05) is 59.5 Å². The number of benzene rings is 3. The van der Waals surface area contributed by atoms with Crippen LogP contribution in [0.4, 0.5) is 5.69 Å². The minimum Gasteiger partial charge on any atom is -0.493 e. The summed E-state index contributed by atoms with van der Waals surface area (Å²) in [5.41, 5.74) is 5.01. The second-order valence-corrected chi connectivity index (χ2v) is 11.0. The number of methoxy groups -OCH3 is 1. The number of likely N-dealkylation sites (tertiary alicyclic amines) is 1. The first-order valence-electron chi connectivity index (χ1n) is 14.2. The van der Waals surface area contributed by atoms with Gasteiger partial charge in [-0.25, -0.2) is 0 Å². The molecule has 0 radical (unpaired) electrons. The maximum atomic E-state index is 13.4. The molecular weight excluding hydrogens is 516 g/mol. The lowest BCUT2D eigenvalue weighted by Gasteiger charge is -2.33. The van der Waals surface area contributed by atoms with Crippen molar-refractivity contribution < 1.29 is 19.1 Å². The Morgan fingerprint density at radius 3 is 2.61 bits per heavy atom. The Labute approximate surface area is 240 Å². The van der Waals surface area contributed by atoms with E-state index in [4.69, 9.17) is 9.47 Å². The summed E-state index contributed by atoms with van der Waals surface area (Å²) < 4.78 is 11.6. The van der Waals surface area contributed by atoms with Gasteiger partial charge in [-0.15, -0.1) is 0 Å². The van der Waals surface area contributed by atoms with E-state index in [-0.39, 0.29) is 24.0 Å². The molecule has 3 aliphatic heterocycles. The SMILES string of the molecule is COc1ccc(C=C2CCN3C(=O)c4ccc(C(=O)NC5CCN(C)CC5)cc4NC23)cc1OCc1ccccc1. The van der Waals surface area contributed by atoms with Crippen molar-refractivity contribution in [1.29, 1.82) is 0 Å². The molecule has 0 bridgehead atoms. The standard InChI is InChI=1S/C33H36N4O4/c1-36-15-13-26(14-16-36)34-32(38)25-9-10-27-28(20-25)35-31-24(12-17-37(31)33(27)39)18-23-8-11-29(40-2)30(19-23)41-21-22-6-4-3-5-7-22/h3-11,18-20,26,31,35H,12-17,21H2,1-2H3,(H,34,38). The summed E-state index contributed by atoms with van der Waals surface area (Å²) in [6, 6.07) is 21.4. The quantitative estimate of drug-likeness (QED) is 0.439. The number of anilines is 1. The average molecular weight is 553 g/mol. The lowest BCUT2D eigenvalue weighted by molar-refractivity contribution is 0.0748. The maximum absolute atomic E-state index is 13.4. The van der Waals surface area contributed by atoms with Gasteiger partial charge in [0.1, 0.15) is 12.8 Å². The van der Waals surface area contributed by atoms with Crippen LogP contribution < -0.4 is 20.1 Å². The number of nitrogens with zero attached hydrogens (tertiary/aromatic N) is 2. The van der Waals surface area contributed by atoms with Crippen LogP contribution in [0.5, 0.6) is 11.5 Å². The zero-order valence-electron chi connectivity index (χ0n) is 23.6. The molecule has 0 aromatic heterocycles. The van der Waals surface area contributed by atoms with Crippen molar-refractivity contribution in [1.82, 2.24) is 15.1 Å². The molecule has 1 atom stereocenters. The van der Waals surface area contributed by atoms with Gasteiger partial charge < -0.3 is 29.9 Å². The molecule has 0 spiro atoms. The largest absolute Gasteiger partial charge is 0.493 e. The highest BCUT2D eigenvalue weighted by Gasteiger charge is 2.38.